The van der Waals surface area contributed by atoms with Gasteiger partial charge in [-0.25, -0.2) is 0 Å². The molecule has 2 fully saturated rings. The second-order valence-corrected chi connectivity index (χ2v) is 4.74. The Balaban J connectivity index is 1.61. The van der Waals surface area contributed by atoms with Crippen molar-refractivity contribution in [3.63, 3.8) is 0 Å². The van der Waals surface area contributed by atoms with Crippen molar-refractivity contribution in [3.05, 3.63) is 0 Å². The van der Waals surface area contributed by atoms with Gasteiger partial charge in [-0.1, -0.05) is 26.2 Å². The van der Waals surface area contributed by atoms with E-state index < -0.39 is 0 Å². The number of nitrogens with zero attached hydrogens (tertiary/aromatic N) is 1. The average molecular weight is 181 g/mol. The lowest BCUT2D eigenvalue weighted by Crippen LogP contribution is -2.48. The predicted molar refractivity (Wildman–Crippen MR) is 52.3 cm³/mol. The van der Waals surface area contributed by atoms with Crippen LogP contribution >= 0.6 is 0 Å². The van der Waals surface area contributed by atoms with E-state index in [4.69, 9.17) is 0 Å². The van der Waals surface area contributed by atoms with Gasteiger partial charge < -0.3 is 4.90 Å². The topological polar surface area (TPSA) is 20.3 Å². The smallest absolute Gasteiger partial charge is 0.222 e. The van der Waals surface area contributed by atoms with Crippen molar-refractivity contribution in [2.45, 2.75) is 39.0 Å². The molecule has 0 atom stereocenters. The van der Waals surface area contributed by atoms with E-state index >= 15 is 0 Å². The maximum absolute atomic E-state index is 11.5. The van der Waals surface area contributed by atoms with Crippen LogP contribution in [0.25, 0.3) is 0 Å². The van der Waals surface area contributed by atoms with Gasteiger partial charge >= 0.3 is 0 Å². The molecule has 0 spiro atoms. The summed E-state index contributed by atoms with van der Waals surface area (Å²) in [7, 11) is 0. The first-order valence-corrected chi connectivity index (χ1v) is 5.53. The SMILES string of the molecule is CC1CN(C(=O)CCC2CCC2)C1. The van der Waals surface area contributed by atoms with E-state index in [1.807, 2.05) is 4.90 Å². The van der Waals surface area contributed by atoms with Crippen LogP contribution < -0.4 is 0 Å². The van der Waals surface area contributed by atoms with Gasteiger partial charge in [0.25, 0.3) is 0 Å². The van der Waals surface area contributed by atoms with Crippen molar-refractivity contribution in [2.24, 2.45) is 11.8 Å². The van der Waals surface area contributed by atoms with Gasteiger partial charge in [-0.05, 0) is 18.3 Å². The van der Waals surface area contributed by atoms with Crippen LogP contribution in [-0.4, -0.2) is 23.9 Å². The van der Waals surface area contributed by atoms with Gasteiger partial charge in [0.2, 0.25) is 5.91 Å². The zero-order valence-corrected chi connectivity index (χ0v) is 8.46. The standard InChI is InChI=1S/C11H19NO/c1-9-7-12(8-9)11(13)6-5-10-3-2-4-10/h9-10H,2-8H2,1H3. The Morgan fingerprint density at radius 3 is 2.54 bits per heavy atom. The number of likely N-dealkylation sites (tertiary alicyclic amines) is 1. The lowest BCUT2D eigenvalue weighted by Gasteiger charge is -2.37. The van der Waals surface area contributed by atoms with Gasteiger partial charge in [0.05, 0.1) is 0 Å². The van der Waals surface area contributed by atoms with E-state index in [1.165, 1.54) is 19.3 Å². The Morgan fingerprint density at radius 1 is 1.38 bits per heavy atom. The average Bonchev–Trinajstić information content (AvgIpc) is 1.95. The summed E-state index contributed by atoms with van der Waals surface area (Å²) in [5, 5.41) is 0. The molecule has 0 unspecified atom stereocenters. The maximum atomic E-state index is 11.5. The van der Waals surface area contributed by atoms with Crippen molar-refractivity contribution >= 4 is 5.91 Å². The van der Waals surface area contributed by atoms with Crippen molar-refractivity contribution in [2.75, 3.05) is 13.1 Å². The molecule has 1 heterocycles. The molecule has 0 N–H and O–H groups in total. The molecule has 1 amide bonds. The van der Waals surface area contributed by atoms with Crippen molar-refractivity contribution in [1.82, 2.24) is 4.90 Å². The minimum Gasteiger partial charge on any atom is -0.342 e. The Morgan fingerprint density at radius 2 is 2.08 bits per heavy atom. The fraction of sp³-hybridized carbons (Fsp3) is 0.909. The van der Waals surface area contributed by atoms with Crippen molar-refractivity contribution < 1.29 is 4.79 Å². The summed E-state index contributed by atoms with van der Waals surface area (Å²) >= 11 is 0. The highest BCUT2D eigenvalue weighted by Crippen LogP contribution is 2.31. The van der Waals surface area contributed by atoms with Gasteiger partial charge in [0.15, 0.2) is 0 Å². The summed E-state index contributed by atoms with van der Waals surface area (Å²) in [4.78, 5) is 13.5. The molecule has 1 saturated carbocycles. The second kappa shape index (κ2) is 3.69. The highest BCUT2D eigenvalue weighted by atomic mass is 16.2. The number of rotatable bonds is 3. The molecule has 2 aliphatic rings. The Labute approximate surface area is 80.3 Å². The fourth-order valence-electron chi connectivity index (χ4n) is 2.17. The molecular weight excluding hydrogens is 162 g/mol. The normalized spacial score (nSPS) is 23.9. The highest BCUT2D eigenvalue weighted by molar-refractivity contribution is 5.76. The lowest BCUT2D eigenvalue weighted by atomic mass is 9.82. The summed E-state index contributed by atoms with van der Waals surface area (Å²) in [5.41, 5.74) is 0. The molecule has 0 aromatic heterocycles. The van der Waals surface area contributed by atoms with E-state index in [0.29, 0.717) is 5.91 Å². The largest absolute Gasteiger partial charge is 0.342 e. The Bertz CT molecular complexity index is 192. The Hall–Kier alpha value is -0.530. The minimum atomic E-state index is 0.394. The number of hydrogen-bond donors (Lipinski definition) is 0. The number of carbonyl (C=O) groups is 1. The molecule has 74 valence electrons. The Kier molecular flexibility index (Phi) is 2.56. The fourth-order valence-corrected chi connectivity index (χ4v) is 2.17. The third-order valence-electron chi connectivity index (χ3n) is 3.41. The number of hydrogen-bond acceptors (Lipinski definition) is 1. The van der Waals surface area contributed by atoms with Crippen molar-refractivity contribution in [3.8, 4) is 0 Å². The quantitative estimate of drug-likeness (QED) is 0.652. The summed E-state index contributed by atoms with van der Waals surface area (Å²) < 4.78 is 0. The van der Waals surface area contributed by atoms with E-state index in [9.17, 15) is 4.79 Å². The van der Waals surface area contributed by atoms with Gasteiger partial charge in [-0.3, -0.25) is 4.79 Å². The second-order valence-electron chi connectivity index (χ2n) is 4.74. The van der Waals surface area contributed by atoms with Crippen LogP contribution in [0.5, 0.6) is 0 Å². The zero-order chi connectivity index (χ0) is 9.26. The van der Waals surface area contributed by atoms with Crippen LogP contribution in [0.15, 0.2) is 0 Å². The molecule has 2 nitrogen and oxygen atoms in total. The van der Waals surface area contributed by atoms with Gasteiger partial charge in [0, 0.05) is 19.5 Å². The molecule has 0 aromatic rings. The zero-order valence-electron chi connectivity index (χ0n) is 8.46. The van der Waals surface area contributed by atoms with Crippen LogP contribution in [0, 0.1) is 11.8 Å². The summed E-state index contributed by atoms with van der Waals surface area (Å²) in [6, 6.07) is 0. The maximum Gasteiger partial charge on any atom is 0.222 e. The van der Waals surface area contributed by atoms with E-state index in [1.54, 1.807) is 0 Å². The van der Waals surface area contributed by atoms with Crippen LogP contribution in [0.4, 0.5) is 0 Å². The molecule has 13 heavy (non-hydrogen) atoms. The molecule has 0 bridgehead atoms. The third kappa shape index (κ3) is 2.04. The molecule has 2 rings (SSSR count). The summed E-state index contributed by atoms with van der Waals surface area (Å²) in [6.45, 7) is 4.21. The van der Waals surface area contributed by atoms with Crippen LogP contribution in [0.1, 0.15) is 39.0 Å². The summed E-state index contributed by atoms with van der Waals surface area (Å²) in [5.74, 6) is 2.01. The third-order valence-corrected chi connectivity index (χ3v) is 3.41. The molecule has 0 radical (unpaired) electrons. The molecule has 1 aliphatic carbocycles. The molecule has 1 aliphatic heterocycles. The van der Waals surface area contributed by atoms with E-state index in [-0.39, 0.29) is 0 Å². The highest BCUT2D eigenvalue weighted by Gasteiger charge is 2.27. The summed E-state index contributed by atoms with van der Waals surface area (Å²) in [6.07, 6.45) is 6.06. The van der Waals surface area contributed by atoms with Gasteiger partial charge in [-0.15, -0.1) is 0 Å². The lowest BCUT2D eigenvalue weighted by molar-refractivity contribution is -0.137. The van der Waals surface area contributed by atoms with Crippen LogP contribution in [0.2, 0.25) is 0 Å². The number of amides is 1. The van der Waals surface area contributed by atoms with Crippen LogP contribution in [0.3, 0.4) is 0 Å². The van der Waals surface area contributed by atoms with Gasteiger partial charge in [0.1, 0.15) is 0 Å². The predicted octanol–water partition coefficient (Wildman–Crippen LogP) is 2.04. The molecule has 1 saturated heterocycles. The first-order chi connectivity index (χ1) is 6.25. The van der Waals surface area contributed by atoms with Crippen molar-refractivity contribution in [1.29, 1.82) is 0 Å². The van der Waals surface area contributed by atoms with Gasteiger partial charge in [-0.2, -0.15) is 0 Å². The van der Waals surface area contributed by atoms with Crippen LogP contribution in [-0.2, 0) is 4.79 Å². The molecular formula is C11H19NO. The monoisotopic (exact) mass is 181 g/mol. The van der Waals surface area contributed by atoms with E-state index in [0.717, 1.165) is 37.8 Å². The first kappa shape index (κ1) is 9.04. The molecule has 2 heteroatoms. The number of carbonyl (C=O) groups excluding carboxylic acids is 1. The molecule has 0 aromatic carbocycles. The van der Waals surface area contributed by atoms with E-state index in [2.05, 4.69) is 6.92 Å². The first-order valence-electron chi connectivity index (χ1n) is 5.53. The minimum absolute atomic E-state index is 0.394.